The van der Waals surface area contributed by atoms with E-state index in [1.807, 2.05) is 12.1 Å². The molecule has 0 heterocycles. The molecular formula is C13H13F3O. The lowest BCUT2D eigenvalue weighted by Gasteiger charge is -2.09. The lowest BCUT2D eigenvalue weighted by atomic mass is 9.98. The number of alkyl halides is 3. The van der Waals surface area contributed by atoms with Crippen LogP contribution in [-0.2, 0) is 6.42 Å². The van der Waals surface area contributed by atoms with Gasteiger partial charge in [-0.05, 0) is 24.8 Å². The van der Waals surface area contributed by atoms with E-state index in [1.54, 1.807) is 12.1 Å². The summed E-state index contributed by atoms with van der Waals surface area (Å²) in [5, 5.41) is 0. The van der Waals surface area contributed by atoms with Crippen molar-refractivity contribution in [3.63, 3.8) is 0 Å². The van der Waals surface area contributed by atoms with Gasteiger partial charge in [-0.1, -0.05) is 24.3 Å². The highest BCUT2D eigenvalue weighted by molar-refractivity contribution is 6.02. The molecule has 1 nitrogen and oxygen atoms in total. The standard InChI is InChI=1S/C13H13F3O/c14-13(15,16)7-3-5-10-8-9-4-1-2-6-11(9)12(10)17/h1-2,4,6,10H,3,5,7-8H2. The molecule has 1 aliphatic carbocycles. The van der Waals surface area contributed by atoms with Gasteiger partial charge in [0, 0.05) is 17.9 Å². The van der Waals surface area contributed by atoms with Crippen molar-refractivity contribution in [3.05, 3.63) is 35.4 Å². The van der Waals surface area contributed by atoms with Crippen molar-refractivity contribution in [2.24, 2.45) is 5.92 Å². The molecule has 0 radical (unpaired) electrons. The highest BCUT2D eigenvalue weighted by Gasteiger charge is 2.32. The lowest BCUT2D eigenvalue weighted by molar-refractivity contribution is -0.135. The summed E-state index contributed by atoms with van der Waals surface area (Å²) in [6, 6.07) is 7.26. The van der Waals surface area contributed by atoms with E-state index in [-0.39, 0.29) is 18.1 Å². The normalized spacial score (nSPS) is 19.5. The van der Waals surface area contributed by atoms with E-state index in [0.717, 1.165) is 5.56 Å². The van der Waals surface area contributed by atoms with Crippen molar-refractivity contribution in [2.75, 3.05) is 0 Å². The van der Waals surface area contributed by atoms with E-state index in [2.05, 4.69) is 0 Å². The van der Waals surface area contributed by atoms with Gasteiger partial charge in [-0.3, -0.25) is 4.79 Å². The predicted molar refractivity (Wildman–Crippen MR) is 57.9 cm³/mol. The molecule has 0 spiro atoms. The molecule has 0 aliphatic heterocycles. The Kier molecular flexibility index (Phi) is 3.22. The van der Waals surface area contributed by atoms with Gasteiger partial charge in [-0.15, -0.1) is 0 Å². The second-order valence-corrected chi connectivity index (χ2v) is 4.43. The van der Waals surface area contributed by atoms with Crippen molar-refractivity contribution in [1.82, 2.24) is 0 Å². The number of hydrogen-bond donors (Lipinski definition) is 0. The molecule has 17 heavy (non-hydrogen) atoms. The second-order valence-electron chi connectivity index (χ2n) is 4.43. The van der Waals surface area contributed by atoms with Gasteiger partial charge in [0.25, 0.3) is 0 Å². The first kappa shape index (κ1) is 12.1. The van der Waals surface area contributed by atoms with Crippen LogP contribution in [0, 0.1) is 5.92 Å². The minimum Gasteiger partial charge on any atom is -0.294 e. The number of Topliss-reactive ketones (excluding diaryl/α,β-unsaturated/α-hetero) is 1. The molecule has 0 fully saturated rings. The minimum absolute atomic E-state index is 0.00257. The van der Waals surface area contributed by atoms with Crippen LogP contribution in [0.1, 0.15) is 35.2 Å². The molecule has 0 amide bonds. The smallest absolute Gasteiger partial charge is 0.294 e. The molecule has 0 aromatic heterocycles. The van der Waals surface area contributed by atoms with Crippen molar-refractivity contribution in [1.29, 1.82) is 0 Å². The summed E-state index contributed by atoms with van der Waals surface area (Å²) in [6.45, 7) is 0. The third-order valence-electron chi connectivity index (χ3n) is 3.13. The van der Waals surface area contributed by atoms with Gasteiger partial charge in [0.1, 0.15) is 0 Å². The number of benzene rings is 1. The van der Waals surface area contributed by atoms with Gasteiger partial charge in [0.05, 0.1) is 0 Å². The van der Waals surface area contributed by atoms with E-state index in [9.17, 15) is 18.0 Å². The molecule has 0 N–H and O–H groups in total. The van der Waals surface area contributed by atoms with Crippen molar-refractivity contribution >= 4 is 5.78 Å². The molecule has 0 bridgehead atoms. The largest absolute Gasteiger partial charge is 0.389 e. The van der Waals surface area contributed by atoms with Crippen molar-refractivity contribution < 1.29 is 18.0 Å². The first-order chi connectivity index (χ1) is 7.97. The van der Waals surface area contributed by atoms with E-state index in [1.165, 1.54) is 0 Å². The monoisotopic (exact) mass is 242 g/mol. The van der Waals surface area contributed by atoms with Crippen LogP contribution in [0.15, 0.2) is 24.3 Å². The lowest BCUT2D eigenvalue weighted by Crippen LogP contribution is -2.12. The molecule has 2 rings (SSSR count). The maximum atomic E-state index is 12.0. The van der Waals surface area contributed by atoms with Gasteiger partial charge in [0.2, 0.25) is 0 Å². The highest BCUT2D eigenvalue weighted by Crippen LogP contribution is 2.31. The quantitative estimate of drug-likeness (QED) is 0.788. The summed E-state index contributed by atoms with van der Waals surface area (Å²) < 4.78 is 36.0. The van der Waals surface area contributed by atoms with Gasteiger partial charge >= 0.3 is 6.18 Å². The minimum atomic E-state index is -4.12. The van der Waals surface area contributed by atoms with E-state index in [4.69, 9.17) is 0 Å². The summed E-state index contributed by atoms with van der Waals surface area (Å²) in [5.74, 6) is -0.252. The maximum absolute atomic E-state index is 12.0. The molecule has 1 aromatic rings. The Labute approximate surface area is 97.6 Å². The predicted octanol–water partition coefficient (Wildman–Crippen LogP) is 3.77. The molecule has 0 saturated heterocycles. The second kappa shape index (κ2) is 4.51. The Morgan fingerprint density at radius 2 is 1.94 bits per heavy atom. The number of halogens is 3. The number of rotatable bonds is 3. The highest BCUT2D eigenvalue weighted by atomic mass is 19.4. The van der Waals surface area contributed by atoms with E-state index in [0.29, 0.717) is 18.4 Å². The Bertz CT molecular complexity index is 423. The topological polar surface area (TPSA) is 17.1 Å². The average molecular weight is 242 g/mol. The first-order valence-corrected chi connectivity index (χ1v) is 5.66. The zero-order chi connectivity index (χ0) is 12.5. The fourth-order valence-corrected chi connectivity index (χ4v) is 2.30. The summed E-state index contributed by atoms with van der Waals surface area (Å²) in [7, 11) is 0. The van der Waals surface area contributed by atoms with Crippen molar-refractivity contribution in [2.45, 2.75) is 31.9 Å². The molecular weight excluding hydrogens is 229 g/mol. The van der Waals surface area contributed by atoms with E-state index >= 15 is 0 Å². The number of carbonyl (C=O) groups is 1. The van der Waals surface area contributed by atoms with Crippen LogP contribution in [-0.4, -0.2) is 12.0 Å². The molecule has 1 aliphatic rings. The summed E-state index contributed by atoms with van der Waals surface area (Å²) in [4.78, 5) is 11.9. The molecule has 92 valence electrons. The Morgan fingerprint density at radius 3 is 2.59 bits per heavy atom. The maximum Gasteiger partial charge on any atom is 0.389 e. The summed E-state index contributed by atoms with van der Waals surface area (Å²) in [6.07, 6.45) is -3.96. The third kappa shape index (κ3) is 2.87. The van der Waals surface area contributed by atoms with Crippen molar-refractivity contribution in [3.8, 4) is 0 Å². The Balaban J connectivity index is 1.92. The van der Waals surface area contributed by atoms with Crippen LogP contribution in [0.25, 0.3) is 0 Å². The van der Waals surface area contributed by atoms with Crippen LogP contribution in [0.2, 0.25) is 0 Å². The van der Waals surface area contributed by atoms with Crippen LogP contribution in [0.5, 0.6) is 0 Å². The molecule has 1 unspecified atom stereocenters. The molecule has 0 saturated carbocycles. The Hall–Kier alpha value is -1.32. The number of carbonyl (C=O) groups excluding carboxylic acids is 1. The number of hydrogen-bond acceptors (Lipinski definition) is 1. The zero-order valence-corrected chi connectivity index (χ0v) is 9.26. The first-order valence-electron chi connectivity index (χ1n) is 5.66. The van der Waals surface area contributed by atoms with E-state index < -0.39 is 12.6 Å². The van der Waals surface area contributed by atoms with Gasteiger partial charge in [0.15, 0.2) is 5.78 Å². The fraction of sp³-hybridized carbons (Fsp3) is 0.462. The zero-order valence-electron chi connectivity index (χ0n) is 9.26. The molecule has 4 heteroatoms. The fourth-order valence-electron chi connectivity index (χ4n) is 2.30. The number of ketones is 1. The summed E-state index contributed by atoms with van der Waals surface area (Å²) >= 11 is 0. The van der Waals surface area contributed by atoms with Crippen LogP contribution in [0.4, 0.5) is 13.2 Å². The van der Waals surface area contributed by atoms with Crippen LogP contribution >= 0.6 is 0 Å². The third-order valence-corrected chi connectivity index (χ3v) is 3.13. The number of fused-ring (bicyclic) bond motifs is 1. The SMILES string of the molecule is O=C1c2ccccc2CC1CCCC(F)(F)F. The van der Waals surface area contributed by atoms with Gasteiger partial charge in [-0.2, -0.15) is 13.2 Å². The summed E-state index contributed by atoms with van der Waals surface area (Å²) in [5.41, 5.74) is 1.65. The van der Waals surface area contributed by atoms with Gasteiger partial charge in [-0.25, -0.2) is 0 Å². The molecule has 1 aromatic carbocycles. The molecule has 1 atom stereocenters. The van der Waals surface area contributed by atoms with Crippen LogP contribution < -0.4 is 0 Å². The average Bonchev–Trinajstić information content (AvgIpc) is 2.55. The van der Waals surface area contributed by atoms with Crippen LogP contribution in [0.3, 0.4) is 0 Å². The van der Waals surface area contributed by atoms with Gasteiger partial charge < -0.3 is 0 Å². The Morgan fingerprint density at radius 1 is 1.24 bits per heavy atom.